The maximum atomic E-state index is 10.5. The average molecular weight is 200 g/mol. The van der Waals surface area contributed by atoms with E-state index in [-0.39, 0.29) is 11.3 Å². The predicted molar refractivity (Wildman–Crippen MR) is 50.8 cm³/mol. The van der Waals surface area contributed by atoms with Gasteiger partial charge in [0, 0.05) is 11.6 Å². The van der Waals surface area contributed by atoms with Crippen LogP contribution in [0.5, 0.6) is 0 Å². The zero-order valence-electron chi connectivity index (χ0n) is 7.43. The second-order valence-corrected chi connectivity index (χ2v) is 2.49. The molecule has 0 amide bonds. The maximum Gasteiger partial charge on any atom is 0.288 e. The molecule has 0 aromatic heterocycles. The molecule has 0 radical (unpaired) electrons. The number of hydrogen-bond acceptors (Lipinski definition) is 4. The second-order valence-electron chi connectivity index (χ2n) is 2.49. The number of aldehydes is 1. The summed E-state index contributed by atoms with van der Waals surface area (Å²) < 4.78 is 0. The molecule has 0 atom stereocenters. The summed E-state index contributed by atoms with van der Waals surface area (Å²) >= 11 is 0. The molecule has 0 N–H and O–H groups in total. The van der Waals surface area contributed by atoms with E-state index >= 15 is 0 Å². The summed E-state index contributed by atoms with van der Waals surface area (Å²) in [5.41, 5.74) is -0.0142. The zero-order chi connectivity index (χ0) is 11.3. The largest absolute Gasteiger partial charge is 0.289 e. The molecule has 0 saturated heterocycles. The second kappa shape index (κ2) is 4.54. The molecular formula is C10H4N2O3. The molecule has 15 heavy (non-hydrogen) atoms. The molecule has 0 unspecified atom stereocenters. The topological polar surface area (TPSA) is 84.0 Å². The van der Waals surface area contributed by atoms with Gasteiger partial charge in [-0.15, -0.1) is 0 Å². The Bertz CT molecular complexity index is 518. The van der Waals surface area contributed by atoms with E-state index in [9.17, 15) is 14.9 Å². The predicted octanol–water partition coefficient (Wildman–Crippen LogP) is 1.02. The van der Waals surface area contributed by atoms with Gasteiger partial charge >= 0.3 is 0 Å². The van der Waals surface area contributed by atoms with Gasteiger partial charge in [-0.05, 0) is 18.1 Å². The van der Waals surface area contributed by atoms with Crippen LogP contribution in [-0.2, 0) is 4.79 Å². The highest BCUT2D eigenvalue weighted by molar-refractivity contribution is 5.74. The van der Waals surface area contributed by atoms with Gasteiger partial charge in [0.25, 0.3) is 5.69 Å². The molecule has 5 heteroatoms. The summed E-state index contributed by atoms with van der Waals surface area (Å²) in [6, 6.07) is 5.61. The van der Waals surface area contributed by atoms with Gasteiger partial charge in [0.1, 0.15) is 11.6 Å². The van der Waals surface area contributed by atoms with Gasteiger partial charge in [0.2, 0.25) is 0 Å². The molecule has 1 aromatic rings. The standard InChI is InChI=1S/C10H4N2O3/c11-7-9-4-3-8(2-1-5-13)6-10(9)12(14)15/h3-6H. The number of nitriles is 1. The van der Waals surface area contributed by atoms with E-state index in [4.69, 9.17) is 5.26 Å². The van der Waals surface area contributed by atoms with Crippen LogP contribution in [0.1, 0.15) is 11.1 Å². The third kappa shape index (κ3) is 2.39. The molecule has 0 aliphatic heterocycles. The Kier molecular flexibility index (Phi) is 3.15. The third-order valence-corrected chi connectivity index (χ3v) is 1.59. The number of nitrogens with zero attached hydrogens (tertiary/aromatic N) is 2. The van der Waals surface area contributed by atoms with Crippen molar-refractivity contribution >= 4 is 12.0 Å². The van der Waals surface area contributed by atoms with Crippen molar-refractivity contribution < 1.29 is 9.72 Å². The van der Waals surface area contributed by atoms with Crippen LogP contribution in [0.3, 0.4) is 0 Å². The Morgan fingerprint density at radius 1 is 1.47 bits per heavy atom. The molecule has 0 bridgehead atoms. The number of carbonyl (C=O) groups excluding carboxylic acids is 1. The number of rotatable bonds is 1. The van der Waals surface area contributed by atoms with Crippen molar-refractivity contribution in [2.75, 3.05) is 0 Å². The van der Waals surface area contributed by atoms with Crippen molar-refractivity contribution in [3.05, 3.63) is 39.4 Å². The van der Waals surface area contributed by atoms with E-state index in [1.54, 1.807) is 6.07 Å². The van der Waals surface area contributed by atoms with Crippen molar-refractivity contribution in [3.8, 4) is 17.9 Å². The Morgan fingerprint density at radius 2 is 2.20 bits per heavy atom. The Morgan fingerprint density at radius 3 is 2.73 bits per heavy atom. The van der Waals surface area contributed by atoms with E-state index in [2.05, 4.69) is 11.8 Å². The fraction of sp³-hybridized carbons (Fsp3) is 0. The van der Waals surface area contributed by atoms with Gasteiger partial charge in [-0.3, -0.25) is 14.9 Å². The van der Waals surface area contributed by atoms with Crippen molar-refractivity contribution in [3.63, 3.8) is 0 Å². The van der Waals surface area contributed by atoms with Crippen LogP contribution in [0.25, 0.3) is 0 Å². The quantitative estimate of drug-likeness (QED) is 0.293. The smallest absolute Gasteiger partial charge is 0.288 e. The summed E-state index contributed by atoms with van der Waals surface area (Å²) in [7, 11) is 0. The minimum absolute atomic E-state index is 0.0309. The number of nitro groups is 1. The lowest BCUT2D eigenvalue weighted by molar-refractivity contribution is -0.385. The first-order valence-electron chi connectivity index (χ1n) is 3.82. The van der Waals surface area contributed by atoms with Crippen LogP contribution in [0.4, 0.5) is 5.69 Å². The fourth-order valence-electron chi connectivity index (χ4n) is 0.968. The Balaban J connectivity index is 3.29. The molecule has 5 nitrogen and oxygen atoms in total. The molecule has 0 spiro atoms. The Hall–Kier alpha value is -2.66. The normalized spacial score (nSPS) is 8.20. The monoisotopic (exact) mass is 200 g/mol. The maximum absolute atomic E-state index is 10.5. The van der Waals surface area contributed by atoms with Gasteiger partial charge in [0.15, 0.2) is 6.29 Å². The minimum atomic E-state index is -0.662. The van der Waals surface area contributed by atoms with Crippen LogP contribution in [-0.4, -0.2) is 11.2 Å². The summed E-state index contributed by atoms with van der Waals surface area (Å²) in [5, 5.41) is 19.1. The van der Waals surface area contributed by atoms with E-state index in [1.807, 2.05) is 0 Å². The molecule has 0 aliphatic carbocycles. The number of carbonyl (C=O) groups is 1. The summed E-state index contributed by atoms with van der Waals surface area (Å²) in [5.74, 6) is 4.54. The lowest BCUT2D eigenvalue weighted by atomic mass is 10.1. The Labute approximate surface area is 85.1 Å². The fourth-order valence-corrected chi connectivity index (χ4v) is 0.968. The van der Waals surface area contributed by atoms with Crippen LogP contribution >= 0.6 is 0 Å². The first kappa shape index (κ1) is 10.4. The first-order chi connectivity index (χ1) is 7.19. The zero-order valence-corrected chi connectivity index (χ0v) is 7.43. The first-order valence-corrected chi connectivity index (χ1v) is 3.82. The molecule has 0 saturated carbocycles. The van der Waals surface area contributed by atoms with E-state index in [0.717, 1.165) is 6.07 Å². The van der Waals surface area contributed by atoms with E-state index in [0.29, 0.717) is 11.8 Å². The van der Waals surface area contributed by atoms with Gasteiger partial charge in [-0.1, -0.05) is 5.92 Å². The molecule has 72 valence electrons. The molecule has 0 aliphatic rings. The van der Waals surface area contributed by atoms with Gasteiger partial charge in [-0.25, -0.2) is 0 Å². The molecule has 0 heterocycles. The van der Waals surface area contributed by atoms with Gasteiger partial charge < -0.3 is 0 Å². The lowest BCUT2D eigenvalue weighted by Crippen LogP contribution is -1.92. The minimum Gasteiger partial charge on any atom is -0.289 e. The summed E-state index contributed by atoms with van der Waals surface area (Å²) in [6.07, 6.45) is 0.393. The lowest BCUT2D eigenvalue weighted by Gasteiger charge is -1.94. The molecule has 0 fully saturated rings. The van der Waals surface area contributed by atoms with Crippen molar-refractivity contribution in [1.29, 1.82) is 5.26 Å². The molecule has 1 rings (SSSR count). The van der Waals surface area contributed by atoms with E-state index in [1.165, 1.54) is 12.1 Å². The van der Waals surface area contributed by atoms with Crippen molar-refractivity contribution in [2.24, 2.45) is 0 Å². The average Bonchev–Trinajstić information content (AvgIpc) is 2.25. The van der Waals surface area contributed by atoms with Crippen molar-refractivity contribution in [2.45, 2.75) is 0 Å². The highest BCUT2D eigenvalue weighted by Crippen LogP contribution is 2.18. The SMILES string of the molecule is N#Cc1ccc(C#CC=O)cc1[N+](=O)[O-]. The van der Waals surface area contributed by atoms with Crippen molar-refractivity contribution in [1.82, 2.24) is 0 Å². The van der Waals surface area contributed by atoms with Gasteiger partial charge in [0.05, 0.1) is 4.92 Å². The molecule has 1 aromatic carbocycles. The number of nitro benzene ring substituents is 1. The highest BCUT2D eigenvalue weighted by atomic mass is 16.6. The van der Waals surface area contributed by atoms with Crippen LogP contribution in [0.2, 0.25) is 0 Å². The van der Waals surface area contributed by atoms with Crippen LogP contribution in [0, 0.1) is 33.3 Å². The van der Waals surface area contributed by atoms with Crippen LogP contribution < -0.4 is 0 Å². The summed E-state index contributed by atoms with van der Waals surface area (Å²) in [6.45, 7) is 0. The van der Waals surface area contributed by atoms with E-state index < -0.39 is 4.92 Å². The number of benzene rings is 1. The van der Waals surface area contributed by atoms with Crippen LogP contribution in [0.15, 0.2) is 18.2 Å². The highest BCUT2D eigenvalue weighted by Gasteiger charge is 2.13. The number of hydrogen-bond donors (Lipinski definition) is 0. The summed E-state index contributed by atoms with van der Waals surface area (Å²) in [4.78, 5) is 19.8. The molecular weight excluding hydrogens is 196 g/mol. The van der Waals surface area contributed by atoms with Gasteiger partial charge in [-0.2, -0.15) is 5.26 Å². The third-order valence-electron chi connectivity index (χ3n) is 1.59.